The minimum Gasteiger partial charge on any atom is -0.326 e. The van der Waals surface area contributed by atoms with E-state index in [-0.39, 0.29) is 5.92 Å². The van der Waals surface area contributed by atoms with Crippen LogP contribution in [0.4, 0.5) is 11.4 Å². The molecule has 0 fully saturated rings. The molecule has 10 aromatic rings. The molecule has 9 aromatic carbocycles. The van der Waals surface area contributed by atoms with E-state index in [1.54, 1.807) is 0 Å². The van der Waals surface area contributed by atoms with Crippen LogP contribution in [-0.4, -0.2) is 11.3 Å². The standard InChI is InChI=1S/C45H32N2.C11H11N.CH4N2/c1-3-13-30(14-4-1)27-32-24-26-42(36-20-10-9-18-34(32)36)47-41-22-12-11-21-37(41)39-28-40-38-25-23-31-15-7-8-19-35(31)45(38)46(43(40)29-44(39)47)33-16-5-2-6-17-33;12-8-9-5-6-10-3-1-2-4-11(10)7-9;1-3-2/h1-26,29,39H,27-28H2;1-7H,8,12H2;1-2H2. The zero-order valence-electron chi connectivity index (χ0n) is 34.5. The quantitative estimate of drug-likeness (QED) is 0.103. The Balaban J connectivity index is 0.000000260. The number of benzene rings is 9. The van der Waals surface area contributed by atoms with Crippen LogP contribution >= 0.6 is 0 Å². The Hall–Kier alpha value is -7.73. The number of allylic oxidation sites excluding steroid dienone is 1. The summed E-state index contributed by atoms with van der Waals surface area (Å²) in [6.07, 6.45) is 4.38. The van der Waals surface area contributed by atoms with Crippen molar-refractivity contribution in [3.05, 3.63) is 239 Å². The second kappa shape index (κ2) is 16.7. The van der Waals surface area contributed by atoms with Crippen LogP contribution in [-0.2, 0) is 19.4 Å². The molecule has 300 valence electrons. The number of hydrazone groups is 1. The molecule has 0 saturated heterocycles. The molecule has 1 unspecified atom stereocenters. The van der Waals surface area contributed by atoms with E-state index in [0.717, 1.165) is 12.8 Å². The molecule has 4 N–H and O–H groups in total. The van der Waals surface area contributed by atoms with Crippen molar-refractivity contribution in [3.63, 3.8) is 0 Å². The summed E-state index contributed by atoms with van der Waals surface area (Å²) in [5.74, 6) is 4.64. The van der Waals surface area contributed by atoms with Crippen molar-refractivity contribution in [2.45, 2.75) is 25.3 Å². The van der Waals surface area contributed by atoms with Crippen LogP contribution in [0.25, 0.3) is 55.0 Å². The minimum absolute atomic E-state index is 0.280. The molecule has 0 amide bonds. The van der Waals surface area contributed by atoms with Crippen LogP contribution in [0.5, 0.6) is 0 Å². The molecule has 0 spiro atoms. The number of para-hydroxylation sites is 2. The zero-order chi connectivity index (χ0) is 42.0. The summed E-state index contributed by atoms with van der Waals surface area (Å²) in [6.45, 7) is 3.50. The summed E-state index contributed by atoms with van der Waals surface area (Å²) < 4.78 is 2.51. The van der Waals surface area contributed by atoms with Gasteiger partial charge in [-0.15, -0.1) is 0 Å². The first-order valence-electron chi connectivity index (χ1n) is 21.2. The maximum absolute atomic E-state index is 5.54. The van der Waals surface area contributed by atoms with Gasteiger partial charge in [0, 0.05) is 52.4 Å². The molecule has 1 aromatic heterocycles. The fraction of sp³-hybridized carbons (Fsp3) is 0.0702. The van der Waals surface area contributed by atoms with Crippen molar-refractivity contribution in [2.24, 2.45) is 16.7 Å². The van der Waals surface area contributed by atoms with Crippen LogP contribution in [0.15, 0.2) is 211 Å². The molecule has 2 aliphatic rings. The zero-order valence-corrected chi connectivity index (χ0v) is 34.5. The molecule has 5 heteroatoms. The molecular weight excluding hydrogens is 755 g/mol. The number of hydrogen-bond donors (Lipinski definition) is 2. The number of hydrogen-bond acceptors (Lipinski definition) is 4. The first kappa shape index (κ1) is 38.5. The van der Waals surface area contributed by atoms with Gasteiger partial charge < -0.3 is 21.0 Å². The Kier molecular flexibility index (Phi) is 10.4. The maximum Gasteiger partial charge on any atom is 0.0616 e. The van der Waals surface area contributed by atoms with Crippen molar-refractivity contribution in [1.29, 1.82) is 0 Å². The van der Waals surface area contributed by atoms with E-state index in [1.165, 1.54) is 99.5 Å². The third-order valence-electron chi connectivity index (χ3n) is 12.4. The van der Waals surface area contributed by atoms with Gasteiger partial charge in [-0.3, -0.25) is 0 Å². The van der Waals surface area contributed by atoms with E-state index in [9.17, 15) is 0 Å². The van der Waals surface area contributed by atoms with Gasteiger partial charge in [-0.25, -0.2) is 0 Å². The van der Waals surface area contributed by atoms with Gasteiger partial charge >= 0.3 is 0 Å². The number of fused-ring (bicyclic) bond motifs is 10. The van der Waals surface area contributed by atoms with Gasteiger partial charge in [0.1, 0.15) is 0 Å². The second-order valence-electron chi connectivity index (χ2n) is 16.0. The molecule has 5 nitrogen and oxygen atoms in total. The lowest BCUT2D eigenvalue weighted by atomic mass is 9.86. The summed E-state index contributed by atoms with van der Waals surface area (Å²) in [7, 11) is 0. The van der Waals surface area contributed by atoms with Gasteiger partial charge in [-0.2, -0.15) is 5.10 Å². The van der Waals surface area contributed by atoms with Crippen LogP contribution in [0, 0.1) is 0 Å². The number of anilines is 2. The van der Waals surface area contributed by atoms with Crippen LogP contribution in [0.3, 0.4) is 0 Å². The molecule has 0 radical (unpaired) electrons. The summed E-state index contributed by atoms with van der Waals surface area (Å²) in [6, 6.07) is 72.5. The Labute approximate surface area is 362 Å². The van der Waals surface area contributed by atoms with Gasteiger partial charge in [0.15, 0.2) is 0 Å². The van der Waals surface area contributed by atoms with E-state index < -0.39 is 0 Å². The second-order valence-corrected chi connectivity index (χ2v) is 16.0. The SMILES string of the molecule is C1=C2C(Cc3c1n(-c1ccccc1)c1c3ccc3ccccc31)c1ccccc1N2c1ccc(Cc2ccccc2)c2ccccc12.C=NN.NCc1ccc2ccccc2c1. The topological polar surface area (TPSA) is 72.6 Å². The number of nitrogens with two attached hydrogens (primary N) is 2. The molecule has 1 atom stereocenters. The molecule has 62 heavy (non-hydrogen) atoms. The van der Waals surface area contributed by atoms with Crippen LogP contribution in [0.2, 0.25) is 0 Å². The Bertz CT molecular complexity index is 3270. The van der Waals surface area contributed by atoms with E-state index in [2.05, 4.69) is 221 Å². The van der Waals surface area contributed by atoms with Crippen molar-refractivity contribution < 1.29 is 0 Å². The highest BCUT2D eigenvalue weighted by molar-refractivity contribution is 6.10. The van der Waals surface area contributed by atoms with Gasteiger partial charge in [0.2, 0.25) is 0 Å². The van der Waals surface area contributed by atoms with Gasteiger partial charge in [-0.05, 0) is 98.6 Å². The number of nitrogens with zero attached hydrogens (tertiary/aromatic N) is 3. The lowest BCUT2D eigenvalue weighted by molar-refractivity contribution is 0.797. The first-order valence-corrected chi connectivity index (χ1v) is 21.2. The Morgan fingerprint density at radius 3 is 1.95 bits per heavy atom. The lowest BCUT2D eigenvalue weighted by Gasteiger charge is -2.28. The summed E-state index contributed by atoms with van der Waals surface area (Å²) in [5, 5.41) is 11.8. The maximum atomic E-state index is 5.54. The Morgan fingerprint density at radius 2 is 1.18 bits per heavy atom. The number of rotatable bonds is 5. The van der Waals surface area contributed by atoms with Crippen molar-refractivity contribution in [3.8, 4) is 5.69 Å². The van der Waals surface area contributed by atoms with Crippen molar-refractivity contribution >= 4 is 67.4 Å². The first-order chi connectivity index (χ1) is 30.6. The predicted molar refractivity (Wildman–Crippen MR) is 263 cm³/mol. The molecule has 0 saturated carbocycles. The molecular formula is C57H47N5. The Morgan fingerprint density at radius 1 is 0.548 bits per heavy atom. The third kappa shape index (κ3) is 6.88. The smallest absolute Gasteiger partial charge is 0.0616 e. The largest absolute Gasteiger partial charge is 0.326 e. The van der Waals surface area contributed by atoms with Crippen molar-refractivity contribution in [2.75, 3.05) is 4.90 Å². The molecule has 0 bridgehead atoms. The van der Waals surface area contributed by atoms with Gasteiger partial charge in [0.05, 0.1) is 16.9 Å². The minimum atomic E-state index is 0.280. The normalized spacial score (nSPS) is 13.7. The monoisotopic (exact) mass is 801 g/mol. The van der Waals surface area contributed by atoms with Crippen LogP contribution < -0.4 is 16.5 Å². The lowest BCUT2D eigenvalue weighted by Crippen LogP contribution is -2.18. The highest BCUT2D eigenvalue weighted by Crippen LogP contribution is 2.54. The summed E-state index contributed by atoms with van der Waals surface area (Å²) in [4.78, 5) is 2.56. The molecule has 1 aliphatic carbocycles. The average Bonchev–Trinajstić information content (AvgIpc) is 3.84. The number of aromatic nitrogens is 1. The van der Waals surface area contributed by atoms with E-state index in [0.29, 0.717) is 6.54 Å². The van der Waals surface area contributed by atoms with Crippen molar-refractivity contribution in [1.82, 2.24) is 4.57 Å². The highest BCUT2D eigenvalue weighted by atomic mass is 15.2. The fourth-order valence-corrected chi connectivity index (χ4v) is 9.65. The van der Waals surface area contributed by atoms with Gasteiger partial charge in [-0.1, -0.05) is 170 Å². The average molecular weight is 802 g/mol. The fourth-order valence-electron chi connectivity index (χ4n) is 9.65. The van der Waals surface area contributed by atoms with Crippen LogP contribution in [0.1, 0.15) is 39.4 Å². The molecule has 2 heterocycles. The summed E-state index contributed by atoms with van der Waals surface area (Å²) in [5.41, 5.74) is 19.9. The summed E-state index contributed by atoms with van der Waals surface area (Å²) >= 11 is 0. The third-order valence-corrected chi connectivity index (χ3v) is 12.4. The van der Waals surface area contributed by atoms with E-state index in [4.69, 9.17) is 5.73 Å². The highest BCUT2D eigenvalue weighted by Gasteiger charge is 2.39. The van der Waals surface area contributed by atoms with Gasteiger partial charge in [0.25, 0.3) is 0 Å². The van der Waals surface area contributed by atoms with E-state index in [1.807, 2.05) is 12.1 Å². The molecule has 12 rings (SSSR count). The predicted octanol–water partition coefficient (Wildman–Crippen LogP) is 13.2. The molecule has 1 aliphatic heterocycles. The van der Waals surface area contributed by atoms with E-state index >= 15 is 0 Å².